The molecule has 1 aromatic heterocycles. The number of nitrogens with zero attached hydrogens (tertiary/aromatic N) is 1. The minimum Gasteiger partial charge on any atom is -0.388 e. The van der Waals surface area contributed by atoms with Crippen LogP contribution in [-0.2, 0) is 0 Å². The first-order valence-electron chi connectivity index (χ1n) is 7.96. The van der Waals surface area contributed by atoms with Gasteiger partial charge in [-0.05, 0) is 44.4 Å². The third kappa shape index (κ3) is 2.63. The molecule has 0 spiro atoms. The normalized spacial score (nSPS) is 17.1. The van der Waals surface area contributed by atoms with Gasteiger partial charge >= 0.3 is 0 Å². The molecule has 1 saturated carbocycles. The van der Waals surface area contributed by atoms with Crippen LogP contribution in [0.3, 0.4) is 0 Å². The fourth-order valence-electron chi connectivity index (χ4n) is 3.55. The van der Waals surface area contributed by atoms with Gasteiger partial charge in [-0.25, -0.2) is 0 Å². The van der Waals surface area contributed by atoms with Gasteiger partial charge in [-0.2, -0.15) is 0 Å². The highest BCUT2D eigenvalue weighted by atomic mass is 16.3. The number of carbonyl (C=O) groups excluding carboxylic acids is 1. The van der Waals surface area contributed by atoms with E-state index in [4.69, 9.17) is 0 Å². The summed E-state index contributed by atoms with van der Waals surface area (Å²) < 4.78 is 0. The Bertz CT molecular complexity index is 711. The van der Waals surface area contributed by atoms with Crippen LogP contribution in [0.4, 0.5) is 0 Å². The number of aliphatic hydroxyl groups is 1. The van der Waals surface area contributed by atoms with Gasteiger partial charge in [-0.3, -0.25) is 4.79 Å². The number of nitrogens with one attached hydrogen (secondary N) is 1. The maximum Gasteiger partial charge on any atom is 0.270 e. The van der Waals surface area contributed by atoms with Crippen LogP contribution in [0.15, 0.2) is 18.2 Å². The van der Waals surface area contributed by atoms with E-state index in [2.05, 4.69) is 18.0 Å². The maximum atomic E-state index is 12.7. The van der Waals surface area contributed by atoms with Gasteiger partial charge in [0, 0.05) is 24.5 Å². The fourth-order valence-corrected chi connectivity index (χ4v) is 3.55. The van der Waals surface area contributed by atoms with Crippen LogP contribution in [0.1, 0.15) is 47.3 Å². The van der Waals surface area contributed by atoms with E-state index in [9.17, 15) is 9.90 Å². The number of aryl methyl sites for hydroxylation is 2. The molecule has 0 bridgehead atoms. The van der Waals surface area contributed by atoms with Gasteiger partial charge in [0.05, 0.1) is 5.60 Å². The minimum atomic E-state index is -0.707. The van der Waals surface area contributed by atoms with Gasteiger partial charge in [0.15, 0.2) is 0 Å². The average molecular weight is 300 g/mol. The Labute approximate surface area is 131 Å². The van der Waals surface area contributed by atoms with Crippen molar-refractivity contribution >= 4 is 16.8 Å². The Morgan fingerprint density at radius 3 is 2.68 bits per heavy atom. The molecule has 0 atom stereocenters. The lowest BCUT2D eigenvalue weighted by Crippen LogP contribution is -2.42. The monoisotopic (exact) mass is 300 g/mol. The molecule has 1 amide bonds. The van der Waals surface area contributed by atoms with Crippen molar-refractivity contribution in [2.45, 2.75) is 45.1 Å². The molecule has 4 nitrogen and oxygen atoms in total. The molecule has 118 valence electrons. The van der Waals surface area contributed by atoms with Crippen molar-refractivity contribution in [2.24, 2.45) is 0 Å². The van der Waals surface area contributed by atoms with E-state index < -0.39 is 5.60 Å². The summed E-state index contributed by atoms with van der Waals surface area (Å²) in [6, 6.07) is 6.15. The molecular weight excluding hydrogens is 276 g/mol. The highest BCUT2D eigenvalue weighted by Gasteiger charge is 2.34. The zero-order chi connectivity index (χ0) is 15.9. The Kier molecular flexibility index (Phi) is 3.73. The Morgan fingerprint density at radius 1 is 1.32 bits per heavy atom. The van der Waals surface area contributed by atoms with Crippen molar-refractivity contribution in [1.82, 2.24) is 9.88 Å². The van der Waals surface area contributed by atoms with Crippen LogP contribution >= 0.6 is 0 Å². The summed E-state index contributed by atoms with van der Waals surface area (Å²) in [5, 5.41) is 11.6. The first kappa shape index (κ1) is 15.1. The highest BCUT2D eigenvalue weighted by molar-refractivity contribution is 6.00. The predicted molar refractivity (Wildman–Crippen MR) is 88.2 cm³/mol. The number of rotatable bonds is 3. The summed E-state index contributed by atoms with van der Waals surface area (Å²) in [5.41, 5.74) is 3.07. The van der Waals surface area contributed by atoms with Crippen molar-refractivity contribution in [3.63, 3.8) is 0 Å². The molecule has 3 rings (SSSR count). The quantitative estimate of drug-likeness (QED) is 0.915. The second-order valence-corrected chi connectivity index (χ2v) is 6.77. The fraction of sp³-hybridized carbons (Fsp3) is 0.500. The summed E-state index contributed by atoms with van der Waals surface area (Å²) in [4.78, 5) is 17.6. The smallest absolute Gasteiger partial charge is 0.270 e. The van der Waals surface area contributed by atoms with Gasteiger partial charge < -0.3 is 15.0 Å². The lowest BCUT2D eigenvalue weighted by atomic mass is 10.0. The molecule has 22 heavy (non-hydrogen) atoms. The molecule has 0 unspecified atom stereocenters. The topological polar surface area (TPSA) is 56.3 Å². The van der Waals surface area contributed by atoms with Crippen LogP contribution in [0.25, 0.3) is 10.9 Å². The summed E-state index contributed by atoms with van der Waals surface area (Å²) in [7, 11) is 1.77. The largest absolute Gasteiger partial charge is 0.388 e. The minimum absolute atomic E-state index is 0.0494. The van der Waals surface area contributed by atoms with E-state index >= 15 is 0 Å². The number of hydrogen-bond donors (Lipinski definition) is 2. The first-order chi connectivity index (χ1) is 10.4. The second kappa shape index (κ2) is 5.43. The average Bonchev–Trinajstić information content (AvgIpc) is 3.03. The molecule has 0 saturated heterocycles. The molecule has 1 aromatic carbocycles. The number of likely N-dealkylation sites (N-methyl/N-ethyl adjacent to an activating group) is 1. The maximum absolute atomic E-state index is 12.7. The van der Waals surface area contributed by atoms with Crippen LogP contribution in [0, 0.1) is 13.8 Å². The number of aromatic amines is 1. The molecular formula is C18H24N2O2. The van der Waals surface area contributed by atoms with E-state index in [1.165, 1.54) is 5.56 Å². The first-order valence-corrected chi connectivity index (χ1v) is 7.96. The van der Waals surface area contributed by atoms with E-state index in [0.29, 0.717) is 12.2 Å². The summed E-state index contributed by atoms with van der Waals surface area (Å²) in [6.07, 6.45) is 3.66. The van der Waals surface area contributed by atoms with Crippen LogP contribution in [-0.4, -0.2) is 40.1 Å². The number of hydrogen-bond acceptors (Lipinski definition) is 2. The van der Waals surface area contributed by atoms with Gasteiger partial charge in [-0.15, -0.1) is 0 Å². The molecule has 2 aromatic rings. The lowest BCUT2D eigenvalue weighted by Gasteiger charge is -2.28. The van der Waals surface area contributed by atoms with Gasteiger partial charge in [-0.1, -0.05) is 24.5 Å². The van der Waals surface area contributed by atoms with Crippen molar-refractivity contribution in [3.05, 3.63) is 35.0 Å². The number of carbonyl (C=O) groups is 1. The Hall–Kier alpha value is -1.81. The molecule has 1 fully saturated rings. The number of fused-ring (bicyclic) bond motifs is 1. The highest BCUT2D eigenvalue weighted by Crippen LogP contribution is 2.30. The van der Waals surface area contributed by atoms with Crippen LogP contribution in [0.5, 0.6) is 0 Å². The standard InChI is InChI=1S/C18H24N2O2/c1-12-6-7-15-14(10-12)13(2)16(19-15)17(21)20(3)11-18(22)8-4-5-9-18/h6-7,10,19,22H,4-5,8-9,11H2,1-3H3. The molecule has 0 aliphatic heterocycles. The van der Waals surface area contributed by atoms with E-state index in [1.807, 2.05) is 19.1 Å². The molecule has 4 heteroatoms. The molecule has 1 heterocycles. The number of benzene rings is 1. The van der Waals surface area contributed by atoms with Crippen molar-refractivity contribution < 1.29 is 9.90 Å². The summed E-state index contributed by atoms with van der Waals surface area (Å²) >= 11 is 0. The van der Waals surface area contributed by atoms with Gasteiger partial charge in [0.2, 0.25) is 0 Å². The molecule has 0 radical (unpaired) electrons. The molecule has 2 N–H and O–H groups in total. The van der Waals surface area contributed by atoms with Crippen molar-refractivity contribution in [2.75, 3.05) is 13.6 Å². The van der Waals surface area contributed by atoms with Gasteiger partial charge in [0.1, 0.15) is 5.69 Å². The second-order valence-electron chi connectivity index (χ2n) is 6.77. The zero-order valence-electron chi connectivity index (χ0n) is 13.6. The number of H-pyrrole nitrogens is 1. The van der Waals surface area contributed by atoms with E-state index in [1.54, 1.807) is 11.9 Å². The predicted octanol–water partition coefficient (Wildman–Crippen LogP) is 3.16. The van der Waals surface area contributed by atoms with Crippen molar-refractivity contribution in [1.29, 1.82) is 0 Å². The summed E-state index contributed by atoms with van der Waals surface area (Å²) in [5.74, 6) is -0.0494. The Balaban J connectivity index is 1.86. The van der Waals surface area contributed by atoms with Crippen molar-refractivity contribution in [3.8, 4) is 0 Å². The van der Waals surface area contributed by atoms with Gasteiger partial charge in [0.25, 0.3) is 5.91 Å². The SMILES string of the molecule is Cc1ccc2[nH]c(C(=O)N(C)CC3(O)CCCC3)c(C)c2c1. The number of aromatic nitrogens is 1. The number of amides is 1. The van der Waals surface area contributed by atoms with E-state index in [-0.39, 0.29) is 5.91 Å². The molecule has 1 aliphatic rings. The Morgan fingerprint density at radius 2 is 2.00 bits per heavy atom. The summed E-state index contributed by atoms with van der Waals surface area (Å²) in [6.45, 7) is 4.43. The third-order valence-electron chi connectivity index (χ3n) is 4.84. The van der Waals surface area contributed by atoms with Crippen LogP contribution in [0.2, 0.25) is 0 Å². The van der Waals surface area contributed by atoms with Crippen LogP contribution < -0.4 is 0 Å². The van der Waals surface area contributed by atoms with E-state index in [0.717, 1.165) is 42.1 Å². The zero-order valence-corrected chi connectivity index (χ0v) is 13.6. The lowest BCUT2D eigenvalue weighted by molar-refractivity contribution is 0.0155. The molecule has 1 aliphatic carbocycles. The third-order valence-corrected chi connectivity index (χ3v) is 4.84.